The minimum atomic E-state index is -0.575. The van der Waals surface area contributed by atoms with Gasteiger partial charge < -0.3 is 10.0 Å². The van der Waals surface area contributed by atoms with E-state index in [1.807, 2.05) is 25.6 Å². The van der Waals surface area contributed by atoms with E-state index in [9.17, 15) is 5.11 Å². The van der Waals surface area contributed by atoms with Gasteiger partial charge in [0.25, 0.3) is 0 Å². The maximum Gasteiger partial charge on any atom is 0.0654 e. The first-order valence-corrected chi connectivity index (χ1v) is 7.20. The van der Waals surface area contributed by atoms with Crippen molar-refractivity contribution in [2.75, 3.05) is 25.9 Å². The lowest BCUT2D eigenvalue weighted by molar-refractivity contribution is -0.105. The Kier molecular flexibility index (Phi) is 3.39. The van der Waals surface area contributed by atoms with Gasteiger partial charge in [0.05, 0.1) is 5.60 Å². The van der Waals surface area contributed by atoms with Gasteiger partial charge in [-0.2, -0.15) is 0 Å². The quantitative estimate of drug-likeness (QED) is 0.803. The van der Waals surface area contributed by atoms with Crippen molar-refractivity contribution >= 4 is 11.8 Å². The molecule has 1 atom stereocenters. The van der Waals surface area contributed by atoms with Gasteiger partial charge in [-0.05, 0) is 58.2 Å². The second kappa shape index (κ2) is 4.35. The average molecular weight is 241 g/mol. The third kappa shape index (κ3) is 2.05. The Morgan fingerprint density at radius 3 is 2.44 bits per heavy atom. The molecule has 0 radical (unpaired) electrons. The molecule has 0 amide bonds. The molecule has 2 rings (SSSR count). The van der Waals surface area contributed by atoms with Crippen LogP contribution >= 0.6 is 11.8 Å². The van der Waals surface area contributed by atoms with Crippen LogP contribution in [0.1, 0.15) is 26.7 Å². The molecule has 3 heteroatoms. The number of rotatable bonds is 2. The molecule has 0 aromatic carbocycles. The van der Waals surface area contributed by atoms with Gasteiger partial charge in [-0.3, -0.25) is 0 Å². The minimum Gasteiger partial charge on any atom is -0.390 e. The standard InChI is InChI=1S/C13H23NOS/c1-12(2,15)13(11-4-9-16-10-11)5-7-14(3)8-6-13/h4,9,11,15H,5-8,10H2,1-3H3. The van der Waals surface area contributed by atoms with Gasteiger partial charge in [0.15, 0.2) is 0 Å². The van der Waals surface area contributed by atoms with Crippen molar-refractivity contribution in [3.8, 4) is 0 Å². The SMILES string of the molecule is CN1CCC(C2C=CSC2)(C(C)(C)O)CC1. The first-order valence-electron chi connectivity index (χ1n) is 6.15. The zero-order valence-electron chi connectivity index (χ0n) is 10.6. The molecule has 1 N–H and O–H groups in total. The number of thioether (sulfide) groups is 1. The van der Waals surface area contributed by atoms with Crippen LogP contribution < -0.4 is 0 Å². The average Bonchev–Trinajstić information content (AvgIpc) is 2.70. The summed E-state index contributed by atoms with van der Waals surface area (Å²) in [5.74, 6) is 1.69. The second-order valence-electron chi connectivity index (χ2n) is 5.79. The number of hydrogen-bond donors (Lipinski definition) is 1. The zero-order valence-corrected chi connectivity index (χ0v) is 11.4. The lowest BCUT2D eigenvalue weighted by Crippen LogP contribution is -2.54. The molecule has 0 aliphatic carbocycles. The van der Waals surface area contributed by atoms with E-state index in [0.29, 0.717) is 5.92 Å². The van der Waals surface area contributed by atoms with Crippen LogP contribution in [0.25, 0.3) is 0 Å². The van der Waals surface area contributed by atoms with Crippen molar-refractivity contribution in [1.29, 1.82) is 0 Å². The van der Waals surface area contributed by atoms with Crippen molar-refractivity contribution < 1.29 is 5.11 Å². The highest BCUT2D eigenvalue weighted by molar-refractivity contribution is 8.02. The Morgan fingerprint density at radius 2 is 2.00 bits per heavy atom. The third-order valence-electron chi connectivity index (χ3n) is 4.49. The molecule has 0 saturated carbocycles. The van der Waals surface area contributed by atoms with Gasteiger partial charge in [0, 0.05) is 11.2 Å². The largest absolute Gasteiger partial charge is 0.390 e. The van der Waals surface area contributed by atoms with Crippen LogP contribution in [0.5, 0.6) is 0 Å². The highest BCUT2D eigenvalue weighted by Crippen LogP contribution is 2.50. The molecule has 16 heavy (non-hydrogen) atoms. The number of allylic oxidation sites excluding steroid dienone is 1. The van der Waals surface area contributed by atoms with E-state index < -0.39 is 5.60 Å². The second-order valence-corrected chi connectivity index (χ2v) is 6.73. The van der Waals surface area contributed by atoms with Crippen LogP contribution in [0.4, 0.5) is 0 Å². The van der Waals surface area contributed by atoms with Crippen LogP contribution in [0.15, 0.2) is 11.5 Å². The van der Waals surface area contributed by atoms with Crippen molar-refractivity contribution in [3.63, 3.8) is 0 Å². The summed E-state index contributed by atoms with van der Waals surface area (Å²) in [6.45, 7) is 6.21. The molecule has 2 aliphatic heterocycles. The monoisotopic (exact) mass is 241 g/mol. The molecule has 2 heterocycles. The number of nitrogens with zero attached hydrogens (tertiary/aromatic N) is 1. The molecular weight excluding hydrogens is 218 g/mol. The van der Waals surface area contributed by atoms with Crippen LogP contribution in [0, 0.1) is 11.3 Å². The van der Waals surface area contributed by atoms with E-state index >= 15 is 0 Å². The van der Waals surface area contributed by atoms with Crippen molar-refractivity contribution in [2.24, 2.45) is 11.3 Å². The molecule has 0 aromatic heterocycles. The highest BCUT2D eigenvalue weighted by Gasteiger charge is 2.50. The Morgan fingerprint density at radius 1 is 1.38 bits per heavy atom. The smallest absolute Gasteiger partial charge is 0.0654 e. The molecule has 2 aliphatic rings. The molecule has 0 bridgehead atoms. The number of likely N-dealkylation sites (tertiary alicyclic amines) is 1. The van der Waals surface area contributed by atoms with E-state index in [0.717, 1.165) is 31.7 Å². The van der Waals surface area contributed by atoms with E-state index in [2.05, 4.69) is 23.4 Å². The molecule has 1 fully saturated rings. The fourth-order valence-corrected chi connectivity index (χ4v) is 4.21. The summed E-state index contributed by atoms with van der Waals surface area (Å²) in [5.41, 5.74) is -0.492. The normalized spacial score (nSPS) is 30.9. The van der Waals surface area contributed by atoms with Crippen molar-refractivity contribution in [3.05, 3.63) is 11.5 Å². The summed E-state index contributed by atoms with van der Waals surface area (Å²) in [7, 11) is 2.17. The molecule has 1 saturated heterocycles. The van der Waals surface area contributed by atoms with Gasteiger partial charge in [0.2, 0.25) is 0 Å². The summed E-state index contributed by atoms with van der Waals surface area (Å²) in [4.78, 5) is 2.37. The fourth-order valence-electron chi connectivity index (χ4n) is 3.16. The topological polar surface area (TPSA) is 23.5 Å². The summed E-state index contributed by atoms with van der Waals surface area (Å²) in [6.07, 6.45) is 4.54. The zero-order chi connectivity index (χ0) is 11.8. The summed E-state index contributed by atoms with van der Waals surface area (Å²) in [5, 5.41) is 12.8. The molecule has 92 valence electrons. The Labute approximate surface area is 103 Å². The van der Waals surface area contributed by atoms with Crippen molar-refractivity contribution in [1.82, 2.24) is 4.90 Å². The van der Waals surface area contributed by atoms with E-state index in [4.69, 9.17) is 0 Å². The highest BCUT2D eigenvalue weighted by atomic mass is 32.2. The van der Waals surface area contributed by atoms with Crippen LogP contribution in [-0.2, 0) is 0 Å². The van der Waals surface area contributed by atoms with Gasteiger partial charge in [-0.25, -0.2) is 0 Å². The Hall–Kier alpha value is 0.01000. The van der Waals surface area contributed by atoms with Gasteiger partial charge in [-0.1, -0.05) is 6.08 Å². The summed E-state index contributed by atoms with van der Waals surface area (Å²) in [6, 6.07) is 0. The van der Waals surface area contributed by atoms with E-state index in [1.165, 1.54) is 0 Å². The van der Waals surface area contributed by atoms with Gasteiger partial charge in [-0.15, -0.1) is 11.8 Å². The fraction of sp³-hybridized carbons (Fsp3) is 0.846. The first-order chi connectivity index (χ1) is 7.46. The lowest BCUT2D eigenvalue weighted by atomic mass is 9.60. The van der Waals surface area contributed by atoms with Crippen LogP contribution in [0.3, 0.4) is 0 Å². The summed E-state index contributed by atoms with van der Waals surface area (Å²) >= 11 is 1.89. The Balaban J connectivity index is 2.23. The van der Waals surface area contributed by atoms with E-state index in [1.54, 1.807) is 0 Å². The maximum atomic E-state index is 10.6. The van der Waals surface area contributed by atoms with Gasteiger partial charge in [0.1, 0.15) is 0 Å². The summed E-state index contributed by atoms with van der Waals surface area (Å²) < 4.78 is 0. The first kappa shape index (κ1) is 12.5. The minimum absolute atomic E-state index is 0.0828. The molecule has 1 unspecified atom stereocenters. The lowest BCUT2D eigenvalue weighted by Gasteiger charge is -2.51. The molecular formula is C13H23NOS. The number of piperidine rings is 1. The number of aliphatic hydroxyl groups is 1. The predicted molar refractivity (Wildman–Crippen MR) is 70.5 cm³/mol. The van der Waals surface area contributed by atoms with Gasteiger partial charge >= 0.3 is 0 Å². The Bertz CT molecular complexity index is 274. The van der Waals surface area contributed by atoms with E-state index in [-0.39, 0.29) is 5.41 Å². The third-order valence-corrected chi connectivity index (χ3v) is 5.39. The van der Waals surface area contributed by atoms with Crippen LogP contribution in [-0.4, -0.2) is 41.5 Å². The number of hydrogen-bond acceptors (Lipinski definition) is 3. The van der Waals surface area contributed by atoms with Crippen LogP contribution in [0.2, 0.25) is 0 Å². The molecule has 0 spiro atoms. The maximum absolute atomic E-state index is 10.6. The molecule has 2 nitrogen and oxygen atoms in total. The predicted octanol–water partition coefficient (Wildman–Crippen LogP) is 2.35. The van der Waals surface area contributed by atoms with Crippen molar-refractivity contribution in [2.45, 2.75) is 32.3 Å². The molecule has 0 aromatic rings.